The first-order chi connectivity index (χ1) is 9.99. The number of para-hydroxylation sites is 1. The van der Waals surface area contributed by atoms with Crippen molar-refractivity contribution < 1.29 is 15.0 Å². The summed E-state index contributed by atoms with van der Waals surface area (Å²) in [6.45, 7) is 1.71. The lowest BCUT2D eigenvalue weighted by Gasteiger charge is -2.21. The molecule has 0 aliphatic carbocycles. The first kappa shape index (κ1) is 14.7. The van der Waals surface area contributed by atoms with E-state index in [4.69, 9.17) is 0 Å². The van der Waals surface area contributed by atoms with Gasteiger partial charge in [0.25, 0.3) is 0 Å². The second kappa shape index (κ2) is 5.55. The first-order valence-corrected chi connectivity index (χ1v) is 8.65. The van der Waals surface area contributed by atoms with Crippen molar-refractivity contribution in [2.24, 2.45) is 4.99 Å². The Balaban J connectivity index is 1.76. The molecular formula is C14H16N2O3S2. The number of phenols is 1. The monoisotopic (exact) mass is 324 g/mol. The van der Waals surface area contributed by atoms with Crippen LogP contribution in [0.5, 0.6) is 5.75 Å². The lowest BCUT2D eigenvalue weighted by Crippen LogP contribution is -2.51. The van der Waals surface area contributed by atoms with E-state index in [1.165, 1.54) is 0 Å². The summed E-state index contributed by atoms with van der Waals surface area (Å²) in [5.41, 5.74) is -0.137. The van der Waals surface area contributed by atoms with Crippen molar-refractivity contribution in [3.05, 3.63) is 29.8 Å². The number of nitrogens with zero attached hydrogens (tertiary/aromatic N) is 1. The van der Waals surface area contributed by atoms with Crippen LogP contribution in [0.4, 0.5) is 0 Å². The Hall–Kier alpha value is -1.18. The van der Waals surface area contributed by atoms with Gasteiger partial charge in [0.2, 0.25) is 0 Å². The van der Waals surface area contributed by atoms with Crippen LogP contribution < -0.4 is 5.32 Å². The van der Waals surface area contributed by atoms with Gasteiger partial charge in [0.1, 0.15) is 16.3 Å². The normalized spacial score (nSPS) is 32.1. The predicted molar refractivity (Wildman–Crippen MR) is 86.3 cm³/mol. The zero-order chi connectivity index (χ0) is 15.0. The highest BCUT2D eigenvalue weighted by atomic mass is 32.2. The van der Waals surface area contributed by atoms with Gasteiger partial charge in [-0.05, 0) is 19.1 Å². The minimum Gasteiger partial charge on any atom is -0.507 e. The van der Waals surface area contributed by atoms with E-state index in [1.54, 1.807) is 42.6 Å². The maximum absolute atomic E-state index is 11.3. The lowest BCUT2D eigenvalue weighted by molar-refractivity contribution is -0.142. The minimum absolute atomic E-state index is 0.00181. The molecule has 2 aliphatic heterocycles. The maximum atomic E-state index is 11.3. The van der Waals surface area contributed by atoms with Gasteiger partial charge < -0.3 is 10.2 Å². The molecule has 5 nitrogen and oxygen atoms in total. The molecule has 1 saturated heterocycles. The Morgan fingerprint density at radius 2 is 2.24 bits per heavy atom. The number of aliphatic carboxylic acids is 1. The standard InChI is InChI=1S/C14H16N2O3S2/c1-14(13(18)19)7-21-12(16-14)9-6-20-11(15-9)8-4-2-3-5-10(8)17/h2-5,9,12,16-17H,6-7H2,1H3,(H,18,19)/t9-,12?,14+/m0/s1. The van der Waals surface area contributed by atoms with Crippen molar-refractivity contribution in [1.29, 1.82) is 0 Å². The second-order valence-corrected chi connectivity index (χ2v) is 7.48. The molecule has 7 heteroatoms. The number of aromatic hydroxyl groups is 1. The number of carbonyl (C=O) groups is 1. The molecule has 0 radical (unpaired) electrons. The van der Waals surface area contributed by atoms with Crippen molar-refractivity contribution >= 4 is 34.5 Å². The number of aliphatic imine (C=N–C) groups is 1. The molecule has 1 unspecified atom stereocenters. The van der Waals surface area contributed by atoms with Crippen molar-refractivity contribution in [3.8, 4) is 5.75 Å². The number of carboxylic acids is 1. The van der Waals surface area contributed by atoms with Gasteiger partial charge in [0.15, 0.2) is 0 Å². The van der Waals surface area contributed by atoms with Crippen LogP contribution in [0.2, 0.25) is 0 Å². The Bertz CT molecular complexity index is 608. The summed E-state index contributed by atoms with van der Waals surface area (Å²) in [7, 11) is 0. The van der Waals surface area contributed by atoms with Gasteiger partial charge in [-0.25, -0.2) is 0 Å². The van der Waals surface area contributed by atoms with Gasteiger partial charge in [0, 0.05) is 17.1 Å². The van der Waals surface area contributed by atoms with Crippen LogP contribution in [-0.2, 0) is 4.79 Å². The van der Waals surface area contributed by atoms with Crippen LogP contribution in [0.3, 0.4) is 0 Å². The van der Waals surface area contributed by atoms with E-state index in [-0.39, 0.29) is 17.2 Å². The van der Waals surface area contributed by atoms with Gasteiger partial charge in [-0.3, -0.25) is 15.1 Å². The Morgan fingerprint density at radius 3 is 2.90 bits per heavy atom. The molecule has 2 heterocycles. The van der Waals surface area contributed by atoms with Crippen LogP contribution in [-0.4, -0.2) is 49.7 Å². The summed E-state index contributed by atoms with van der Waals surface area (Å²) in [6, 6.07) is 7.17. The molecule has 3 rings (SSSR count). The van der Waals surface area contributed by atoms with Crippen molar-refractivity contribution in [2.45, 2.75) is 23.9 Å². The third-order valence-corrected chi connectivity index (χ3v) is 6.28. The highest BCUT2D eigenvalue weighted by Crippen LogP contribution is 2.36. The molecule has 3 N–H and O–H groups in total. The molecule has 1 fully saturated rings. The molecule has 2 aliphatic rings. The van der Waals surface area contributed by atoms with Crippen molar-refractivity contribution in [3.63, 3.8) is 0 Å². The average Bonchev–Trinajstić information content (AvgIpc) is 3.07. The zero-order valence-corrected chi connectivity index (χ0v) is 13.1. The second-order valence-electron chi connectivity index (χ2n) is 5.34. The Labute approximate surface area is 131 Å². The molecule has 0 aromatic heterocycles. The van der Waals surface area contributed by atoms with E-state index in [2.05, 4.69) is 10.3 Å². The van der Waals surface area contributed by atoms with Crippen molar-refractivity contribution in [2.75, 3.05) is 11.5 Å². The molecule has 1 aromatic carbocycles. The van der Waals surface area contributed by atoms with E-state index in [1.807, 2.05) is 12.1 Å². The van der Waals surface area contributed by atoms with E-state index in [9.17, 15) is 15.0 Å². The minimum atomic E-state index is -0.882. The molecule has 3 atom stereocenters. The maximum Gasteiger partial charge on any atom is 0.324 e. The van der Waals surface area contributed by atoms with E-state index in [0.29, 0.717) is 5.75 Å². The van der Waals surface area contributed by atoms with Crippen molar-refractivity contribution in [1.82, 2.24) is 5.32 Å². The van der Waals surface area contributed by atoms with Crippen LogP contribution in [0, 0.1) is 0 Å². The number of thioether (sulfide) groups is 2. The Kier molecular flexibility index (Phi) is 3.90. The summed E-state index contributed by atoms with van der Waals surface area (Å²) in [5.74, 6) is 0.736. The quantitative estimate of drug-likeness (QED) is 0.786. The third kappa shape index (κ3) is 2.77. The van der Waals surface area contributed by atoms with Gasteiger partial charge in [-0.1, -0.05) is 12.1 Å². The third-order valence-electron chi connectivity index (χ3n) is 3.64. The molecule has 0 bridgehead atoms. The number of benzene rings is 1. The van der Waals surface area contributed by atoms with Crippen LogP contribution >= 0.6 is 23.5 Å². The molecule has 0 spiro atoms. The van der Waals surface area contributed by atoms with Crippen LogP contribution in [0.25, 0.3) is 0 Å². The lowest BCUT2D eigenvalue weighted by atomic mass is 10.1. The average molecular weight is 324 g/mol. The summed E-state index contributed by atoms with van der Waals surface area (Å²) in [4.78, 5) is 15.9. The SMILES string of the molecule is C[C@]1(C(=O)O)CSC([C@@H]2CSC(c3ccccc3O)=N2)N1. The molecule has 0 amide bonds. The molecule has 0 saturated carbocycles. The molecular weight excluding hydrogens is 308 g/mol. The number of hydrogen-bond donors (Lipinski definition) is 3. The van der Waals surface area contributed by atoms with Gasteiger partial charge in [-0.15, -0.1) is 23.5 Å². The highest BCUT2D eigenvalue weighted by Gasteiger charge is 2.45. The molecule has 112 valence electrons. The summed E-state index contributed by atoms with van der Waals surface area (Å²) in [5, 5.41) is 23.1. The number of carboxylic acid groups (broad SMARTS) is 1. The van der Waals surface area contributed by atoms with Gasteiger partial charge in [-0.2, -0.15) is 0 Å². The van der Waals surface area contributed by atoms with Crippen LogP contribution in [0.1, 0.15) is 12.5 Å². The van der Waals surface area contributed by atoms with Gasteiger partial charge in [0.05, 0.1) is 11.4 Å². The summed E-state index contributed by atoms with van der Waals surface area (Å²) < 4.78 is 0. The van der Waals surface area contributed by atoms with E-state index >= 15 is 0 Å². The fourth-order valence-electron chi connectivity index (χ4n) is 2.33. The zero-order valence-electron chi connectivity index (χ0n) is 11.4. The fourth-order valence-corrected chi connectivity index (χ4v) is 5.03. The highest BCUT2D eigenvalue weighted by molar-refractivity contribution is 8.14. The number of phenolic OH excluding ortho intramolecular Hbond substituents is 1. The molecule has 21 heavy (non-hydrogen) atoms. The summed E-state index contributed by atoms with van der Waals surface area (Å²) in [6.07, 6.45) is 0. The predicted octanol–water partition coefficient (Wildman–Crippen LogP) is 1.76. The largest absolute Gasteiger partial charge is 0.507 e. The van der Waals surface area contributed by atoms with Gasteiger partial charge >= 0.3 is 5.97 Å². The smallest absolute Gasteiger partial charge is 0.324 e. The van der Waals surface area contributed by atoms with E-state index < -0.39 is 11.5 Å². The summed E-state index contributed by atoms with van der Waals surface area (Å²) >= 11 is 3.20. The van der Waals surface area contributed by atoms with Crippen LogP contribution in [0.15, 0.2) is 29.3 Å². The van der Waals surface area contributed by atoms with E-state index in [0.717, 1.165) is 16.4 Å². The first-order valence-electron chi connectivity index (χ1n) is 6.61. The topological polar surface area (TPSA) is 81.9 Å². The number of nitrogens with one attached hydrogen (secondary N) is 1. The molecule has 1 aromatic rings. The Morgan fingerprint density at radius 1 is 1.48 bits per heavy atom. The fraction of sp³-hybridized carbons (Fsp3) is 0.429. The number of rotatable bonds is 3. The number of hydrogen-bond acceptors (Lipinski definition) is 6.